The molecule has 0 heterocycles. The van der Waals surface area contributed by atoms with Gasteiger partial charge in [-0.2, -0.15) is 0 Å². The van der Waals surface area contributed by atoms with Crippen molar-refractivity contribution in [3.63, 3.8) is 0 Å². The van der Waals surface area contributed by atoms with E-state index in [1.165, 1.54) is 0 Å². The van der Waals surface area contributed by atoms with Gasteiger partial charge in [-0.1, -0.05) is 30.3 Å². The van der Waals surface area contributed by atoms with Gasteiger partial charge in [0.2, 0.25) is 17.7 Å². The number of hydrogen-bond donors (Lipinski definition) is 8. The van der Waals surface area contributed by atoms with Crippen molar-refractivity contribution >= 4 is 35.6 Å². The van der Waals surface area contributed by atoms with Crippen LogP contribution in [-0.2, 0) is 30.4 Å². The number of hydrogen-bond acceptors (Lipinski definition) is 7. The SMILES string of the molecule is NC(N)=NCCCC(NC(=O)C(CC(=O)O)NC(=O)CNC(=O)C(N)Cc1ccccc1)C(=O)O. The van der Waals surface area contributed by atoms with E-state index in [4.69, 9.17) is 22.3 Å². The van der Waals surface area contributed by atoms with Crippen molar-refractivity contribution in [2.24, 2.45) is 22.2 Å². The van der Waals surface area contributed by atoms with Crippen molar-refractivity contribution in [3.8, 4) is 0 Å². The topological polar surface area (TPSA) is 252 Å². The molecule has 14 heteroatoms. The Morgan fingerprint density at radius 1 is 0.943 bits per heavy atom. The number of nitrogens with one attached hydrogen (secondary N) is 3. The Kier molecular flexibility index (Phi) is 12.2. The lowest BCUT2D eigenvalue weighted by molar-refractivity contribution is -0.143. The lowest BCUT2D eigenvalue weighted by Crippen LogP contribution is -2.54. The van der Waals surface area contributed by atoms with Gasteiger partial charge in [0.25, 0.3) is 0 Å². The van der Waals surface area contributed by atoms with E-state index in [-0.39, 0.29) is 31.8 Å². The molecular weight excluding hydrogens is 462 g/mol. The van der Waals surface area contributed by atoms with Crippen molar-refractivity contribution in [1.29, 1.82) is 0 Å². The highest BCUT2D eigenvalue weighted by Gasteiger charge is 2.28. The number of aliphatic imine (C=N–C) groups is 1. The first kappa shape index (κ1) is 28.8. The minimum absolute atomic E-state index is 0.0407. The molecule has 0 fully saturated rings. The zero-order valence-corrected chi connectivity index (χ0v) is 19.0. The van der Waals surface area contributed by atoms with Crippen LogP contribution in [0.4, 0.5) is 0 Å². The second kappa shape index (κ2) is 14.8. The number of aliphatic carboxylic acids is 2. The average molecular weight is 494 g/mol. The van der Waals surface area contributed by atoms with Gasteiger partial charge in [-0.3, -0.25) is 24.2 Å². The smallest absolute Gasteiger partial charge is 0.326 e. The van der Waals surface area contributed by atoms with Crippen LogP contribution in [0, 0.1) is 0 Å². The van der Waals surface area contributed by atoms with Crippen LogP contribution in [0.25, 0.3) is 0 Å². The predicted octanol–water partition coefficient (Wildman–Crippen LogP) is -2.74. The molecule has 14 nitrogen and oxygen atoms in total. The Morgan fingerprint density at radius 3 is 2.17 bits per heavy atom. The number of benzene rings is 1. The van der Waals surface area contributed by atoms with Crippen molar-refractivity contribution in [3.05, 3.63) is 35.9 Å². The highest BCUT2D eigenvalue weighted by atomic mass is 16.4. The molecule has 0 spiro atoms. The summed E-state index contributed by atoms with van der Waals surface area (Å²) in [4.78, 5) is 63.2. The van der Waals surface area contributed by atoms with E-state index in [1.54, 1.807) is 24.3 Å². The van der Waals surface area contributed by atoms with Crippen molar-refractivity contribution in [1.82, 2.24) is 16.0 Å². The number of amides is 3. The van der Waals surface area contributed by atoms with Gasteiger partial charge in [0.05, 0.1) is 19.0 Å². The molecule has 0 bridgehead atoms. The molecule has 0 saturated carbocycles. The molecule has 3 atom stereocenters. The van der Waals surface area contributed by atoms with E-state index in [2.05, 4.69) is 20.9 Å². The van der Waals surface area contributed by atoms with E-state index < -0.39 is 60.8 Å². The highest BCUT2D eigenvalue weighted by molar-refractivity contribution is 5.94. The minimum Gasteiger partial charge on any atom is -0.481 e. The number of nitrogens with two attached hydrogens (primary N) is 3. The number of rotatable bonds is 15. The molecule has 1 aromatic carbocycles. The summed E-state index contributed by atoms with van der Waals surface area (Å²) in [7, 11) is 0. The van der Waals surface area contributed by atoms with Gasteiger partial charge in [0.15, 0.2) is 5.96 Å². The van der Waals surface area contributed by atoms with Crippen LogP contribution in [0.5, 0.6) is 0 Å². The second-order valence-corrected chi connectivity index (χ2v) is 7.58. The van der Waals surface area contributed by atoms with Gasteiger partial charge in [0, 0.05) is 6.54 Å². The number of carbonyl (C=O) groups excluding carboxylic acids is 3. The third-order valence-corrected chi connectivity index (χ3v) is 4.65. The zero-order valence-electron chi connectivity index (χ0n) is 19.0. The summed E-state index contributed by atoms with van der Waals surface area (Å²) >= 11 is 0. The molecule has 35 heavy (non-hydrogen) atoms. The Bertz CT molecular complexity index is 920. The normalized spacial score (nSPS) is 12.9. The summed E-state index contributed by atoms with van der Waals surface area (Å²) in [5.74, 6) is -5.41. The Hall–Kier alpha value is -4.20. The van der Waals surface area contributed by atoms with E-state index in [0.717, 1.165) is 5.56 Å². The van der Waals surface area contributed by atoms with Crippen LogP contribution >= 0.6 is 0 Å². The van der Waals surface area contributed by atoms with Crippen molar-refractivity contribution in [2.45, 2.75) is 43.8 Å². The van der Waals surface area contributed by atoms with Crippen LogP contribution in [0.2, 0.25) is 0 Å². The fourth-order valence-corrected chi connectivity index (χ4v) is 2.92. The standard InChI is InChI=1S/C21H31N7O7/c22-13(9-12-5-2-1-3-6-12)18(32)26-11-16(29)27-15(10-17(30)31)19(33)28-14(20(34)35)7-4-8-25-21(23)24/h1-3,5-6,13-15H,4,7-11,22H2,(H,26,32)(H,27,29)(H,28,33)(H,30,31)(H,34,35)(H4,23,24,25). The second-order valence-electron chi connectivity index (χ2n) is 7.58. The largest absolute Gasteiger partial charge is 0.481 e. The van der Waals surface area contributed by atoms with E-state index >= 15 is 0 Å². The lowest BCUT2D eigenvalue weighted by Gasteiger charge is -2.20. The number of guanidine groups is 1. The molecule has 0 radical (unpaired) electrons. The third-order valence-electron chi connectivity index (χ3n) is 4.65. The molecule has 0 aromatic heterocycles. The number of carboxylic acids is 2. The summed E-state index contributed by atoms with van der Waals surface area (Å²) in [5, 5.41) is 25.1. The molecular formula is C21H31N7O7. The van der Waals surface area contributed by atoms with Gasteiger partial charge in [-0.15, -0.1) is 0 Å². The fourth-order valence-electron chi connectivity index (χ4n) is 2.92. The number of carboxylic acid groups (broad SMARTS) is 2. The van der Waals surface area contributed by atoms with Crippen molar-refractivity contribution in [2.75, 3.05) is 13.1 Å². The number of carbonyl (C=O) groups is 5. The molecule has 3 unspecified atom stereocenters. The van der Waals surface area contributed by atoms with Crippen LogP contribution in [0.3, 0.4) is 0 Å². The summed E-state index contributed by atoms with van der Waals surface area (Å²) in [6.45, 7) is -0.436. The fraction of sp³-hybridized carbons (Fsp3) is 0.429. The van der Waals surface area contributed by atoms with Crippen LogP contribution in [-0.4, -0.2) is 77.0 Å². The summed E-state index contributed by atoms with van der Waals surface area (Å²) in [6, 6.07) is 5.11. The maximum Gasteiger partial charge on any atom is 0.326 e. The van der Waals surface area contributed by atoms with Crippen LogP contribution in [0.1, 0.15) is 24.8 Å². The maximum atomic E-state index is 12.5. The van der Waals surface area contributed by atoms with E-state index in [9.17, 15) is 29.1 Å². The molecule has 0 aliphatic rings. The lowest BCUT2D eigenvalue weighted by atomic mass is 10.1. The van der Waals surface area contributed by atoms with E-state index in [0.29, 0.717) is 0 Å². The highest BCUT2D eigenvalue weighted by Crippen LogP contribution is 2.03. The quantitative estimate of drug-likeness (QED) is 0.0710. The molecule has 3 amide bonds. The maximum absolute atomic E-state index is 12.5. The third kappa shape index (κ3) is 12.0. The molecule has 1 rings (SSSR count). The summed E-state index contributed by atoms with van der Waals surface area (Å²) in [6.07, 6.45) is -0.390. The zero-order chi connectivity index (χ0) is 26.4. The minimum atomic E-state index is -1.57. The monoisotopic (exact) mass is 493 g/mol. The summed E-state index contributed by atoms with van der Waals surface area (Å²) in [5.41, 5.74) is 17.0. The predicted molar refractivity (Wildman–Crippen MR) is 125 cm³/mol. The van der Waals surface area contributed by atoms with Crippen molar-refractivity contribution < 1.29 is 34.2 Å². The first-order valence-electron chi connectivity index (χ1n) is 10.7. The Morgan fingerprint density at radius 2 is 1.60 bits per heavy atom. The molecule has 0 saturated heterocycles. The molecule has 1 aromatic rings. The molecule has 0 aliphatic heterocycles. The van der Waals surface area contributed by atoms with Crippen LogP contribution < -0.4 is 33.2 Å². The Balaban J connectivity index is 2.64. The first-order valence-corrected chi connectivity index (χ1v) is 10.7. The molecule has 192 valence electrons. The number of nitrogens with zero attached hydrogens (tertiary/aromatic N) is 1. The van der Waals surface area contributed by atoms with Gasteiger partial charge >= 0.3 is 11.9 Å². The van der Waals surface area contributed by atoms with Gasteiger partial charge in [0.1, 0.15) is 12.1 Å². The van der Waals surface area contributed by atoms with E-state index in [1.807, 2.05) is 6.07 Å². The van der Waals surface area contributed by atoms with Gasteiger partial charge < -0.3 is 43.4 Å². The molecule has 11 N–H and O–H groups in total. The van der Waals surface area contributed by atoms with Gasteiger partial charge in [-0.05, 0) is 24.8 Å². The average Bonchev–Trinajstić information content (AvgIpc) is 2.78. The Labute approximate surface area is 201 Å². The first-order chi connectivity index (χ1) is 16.5. The molecule has 0 aliphatic carbocycles. The summed E-state index contributed by atoms with van der Waals surface area (Å²) < 4.78 is 0. The van der Waals surface area contributed by atoms with Crippen LogP contribution in [0.15, 0.2) is 35.3 Å². The van der Waals surface area contributed by atoms with Gasteiger partial charge in [-0.25, -0.2) is 4.79 Å².